The van der Waals surface area contributed by atoms with Crippen molar-refractivity contribution in [2.75, 3.05) is 10.6 Å². The van der Waals surface area contributed by atoms with E-state index in [4.69, 9.17) is 9.47 Å². The van der Waals surface area contributed by atoms with E-state index in [9.17, 15) is 4.79 Å². The summed E-state index contributed by atoms with van der Waals surface area (Å²) in [4.78, 5) is 12.3. The zero-order chi connectivity index (χ0) is 17.5. The van der Waals surface area contributed by atoms with E-state index in [2.05, 4.69) is 10.6 Å². The topological polar surface area (TPSA) is 59.6 Å². The Labute approximate surface area is 143 Å². The van der Waals surface area contributed by atoms with Crippen molar-refractivity contribution in [3.05, 3.63) is 48.5 Å². The molecule has 0 aliphatic heterocycles. The minimum absolute atomic E-state index is 0.0242. The molecule has 0 fully saturated rings. The zero-order valence-corrected chi connectivity index (χ0v) is 14.5. The summed E-state index contributed by atoms with van der Waals surface area (Å²) in [7, 11) is 0. The molecule has 2 amide bonds. The van der Waals surface area contributed by atoms with E-state index < -0.39 is 0 Å². The Morgan fingerprint density at radius 1 is 0.750 bits per heavy atom. The maximum atomic E-state index is 12.3. The fourth-order valence-electron chi connectivity index (χ4n) is 2.13. The van der Waals surface area contributed by atoms with E-state index in [1.807, 2.05) is 64.1 Å². The van der Waals surface area contributed by atoms with Crippen molar-refractivity contribution in [3.8, 4) is 11.5 Å². The molecular formula is C19H24N2O3. The van der Waals surface area contributed by atoms with Gasteiger partial charge in [0.2, 0.25) is 0 Å². The first-order valence-electron chi connectivity index (χ1n) is 8.05. The van der Waals surface area contributed by atoms with Crippen molar-refractivity contribution in [2.45, 2.75) is 39.9 Å². The van der Waals surface area contributed by atoms with Crippen LogP contribution in [0.1, 0.15) is 27.7 Å². The number of rotatable bonds is 6. The molecule has 0 radical (unpaired) electrons. The molecule has 2 N–H and O–H groups in total. The summed E-state index contributed by atoms with van der Waals surface area (Å²) in [5, 5.41) is 5.63. The van der Waals surface area contributed by atoms with Crippen molar-refractivity contribution in [1.29, 1.82) is 0 Å². The molecule has 0 spiro atoms. The van der Waals surface area contributed by atoms with Gasteiger partial charge in [0.25, 0.3) is 0 Å². The Morgan fingerprint density at radius 2 is 1.12 bits per heavy atom. The standard InChI is InChI=1S/C19H24N2O3/c1-13(2)23-17-11-7-5-9-15(17)20-19(22)21-16-10-6-8-12-18(16)24-14(3)4/h5-14H,1-4H3,(H2,20,21,22). The van der Waals surface area contributed by atoms with Crippen molar-refractivity contribution >= 4 is 17.4 Å². The van der Waals surface area contributed by atoms with Crippen molar-refractivity contribution in [3.63, 3.8) is 0 Å². The van der Waals surface area contributed by atoms with E-state index in [-0.39, 0.29) is 18.2 Å². The summed E-state index contributed by atoms with van der Waals surface area (Å²) in [6.07, 6.45) is 0.0485. The molecular weight excluding hydrogens is 304 g/mol. The Morgan fingerprint density at radius 3 is 1.50 bits per heavy atom. The Kier molecular flexibility index (Phi) is 6.07. The van der Waals surface area contributed by atoms with E-state index in [1.165, 1.54) is 0 Å². The first-order chi connectivity index (χ1) is 11.5. The largest absolute Gasteiger partial charge is 0.489 e. The molecule has 0 heterocycles. The van der Waals surface area contributed by atoms with Crippen molar-refractivity contribution < 1.29 is 14.3 Å². The first-order valence-corrected chi connectivity index (χ1v) is 8.05. The Balaban J connectivity index is 2.09. The number of ether oxygens (including phenoxy) is 2. The van der Waals surface area contributed by atoms with Crippen LogP contribution in [-0.4, -0.2) is 18.2 Å². The van der Waals surface area contributed by atoms with Crippen LogP contribution in [0, 0.1) is 0 Å². The van der Waals surface area contributed by atoms with Crippen LogP contribution in [-0.2, 0) is 0 Å². The van der Waals surface area contributed by atoms with Crippen LogP contribution in [0.5, 0.6) is 11.5 Å². The monoisotopic (exact) mass is 328 g/mol. The third-order valence-electron chi connectivity index (χ3n) is 3.00. The lowest BCUT2D eigenvalue weighted by molar-refractivity contribution is 0.242. The predicted octanol–water partition coefficient (Wildman–Crippen LogP) is 4.91. The summed E-state index contributed by atoms with van der Waals surface area (Å²) in [6.45, 7) is 7.76. The van der Waals surface area contributed by atoms with E-state index in [0.29, 0.717) is 22.9 Å². The van der Waals surface area contributed by atoms with Crippen LogP contribution >= 0.6 is 0 Å². The van der Waals surface area contributed by atoms with Crippen molar-refractivity contribution in [1.82, 2.24) is 0 Å². The fraction of sp³-hybridized carbons (Fsp3) is 0.316. The molecule has 2 rings (SSSR count). The maximum Gasteiger partial charge on any atom is 0.323 e. The summed E-state index contributed by atoms with van der Waals surface area (Å²) >= 11 is 0. The van der Waals surface area contributed by atoms with Gasteiger partial charge in [0.05, 0.1) is 23.6 Å². The van der Waals surface area contributed by atoms with Crippen LogP contribution in [0.15, 0.2) is 48.5 Å². The molecule has 2 aromatic rings. The molecule has 5 nitrogen and oxygen atoms in total. The third kappa shape index (κ3) is 5.19. The van der Waals surface area contributed by atoms with Gasteiger partial charge in [-0.15, -0.1) is 0 Å². The molecule has 0 unspecified atom stereocenters. The SMILES string of the molecule is CC(C)Oc1ccccc1NC(=O)Nc1ccccc1OC(C)C. The quantitative estimate of drug-likeness (QED) is 0.792. The molecule has 0 saturated heterocycles. The van der Waals surface area contributed by atoms with E-state index in [0.717, 1.165) is 0 Å². The number of urea groups is 1. The first kappa shape index (κ1) is 17.7. The highest BCUT2D eigenvalue weighted by Gasteiger charge is 2.11. The summed E-state index contributed by atoms with van der Waals surface area (Å²) in [6, 6.07) is 14.3. The highest BCUT2D eigenvalue weighted by Crippen LogP contribution is 2.27. The second-order valence-electron chi connectivity index (χ2n) is 5.90. The molecule has 0 aliphatic carbocycles. The number of para-hydroxylation sites is 4. The molecule has 5 heteroatoms. The van der Waals surface area contributed by atoms with Gasteiger partial charge in [-0.05, 0) is 52.0 Å². The molecule has 2 aromatic carbocycles. The molecule has 0 aromatic heterocycles. The van der Waals surface area contributed by atoms with Gasteiger partial charge in [-0.25, -0.2) is 4.79 Å². The van der Waals surface area contributed by atoms with Crippen LogP contribution in [0.25, 0.3) is 0 Å². The van der Waals surface area contributed by atoms with Crippen LogP contribution in [0.3, 0.4) is 0 Å². The molecule has 0 aliphatic rings. The number of hydrogen-bond donors (Lipinski definition) is 2. The number of carbonyl (C=O) groups is 1. The summed E-state index contributed by atoms with van der Waals surface area (Å²) in [5.74, 6) is 1.27. The average Bonchev–Trinajstić information content (AvgIpc) is 2.50. The van der Waals surface area contributed by atoms with Crippen molar-refractivity contribution in [2.24, 2.45) is 0 Å². The summed E-state index contributed by atoms with van der Waals surface area (Å²) < 4.78 is 11.4. The van der Waals surface area contributed by atoms with Crippen LogP contribution < -0.4 is 20.1 Å². The highest BCUT2D eigenvalue weighted by atomic mass is 16.5. The van der Waals surface area contributed by atoms with Gasteiger partial charge in [-0.1, -0.05) is 24.3 Å². The maximum absolute atomic E-state index is 12.3. The number of benzene rings is 2. The normalized spacial score (nSPS) is 10.6. The minimum Gasteiger partial charge on any atom is -0.489 e. The zero-order valence-electron chi connectivity index (χ0n) is 14.5. The van der Waals surface area contributed by atoms with Crippen LogP contribution in [0.2, 0.25) is 0 Å². The Bertz CT molecular complexity index is 626. The van der Waals surface area contributed by atoms with E-state index in [1.54, 1.807) is 12.1 Å². The van der Waals surface area contributed by atoms with Gasteiger partial charge in [0.15, 0.2) is 0 Å². The van der Waals surface area contributed by atoms with Gasteiger partial charge in [0, 0.05) is 0 Å². The average molecular weight is 328 g/mol. The van der Waals surface area contributed by atoms with Gasteiger partial charge >= 0.3 is 6.03 Å². The lowest BCUT2D eigenvalue weighted by Gasteiger charge is -2.17. The number of carbonyl (C=O) groups excluding carboxylic acids is 1. The lowest BCUT2D eigenvalue weighted by Crippen LogP contribution is -2.21. The van der Waals surface area contributed by atoms with Crippen LogP contribution in [0.4, 0.5) is 16.2 Å². The lowest BCUT2D eigenvalue weighted by atomic mass is 10.2. The van der Waals surface area contributed by atoms with E-state index >= 15 is 0 Å². The molecule has 128 valence electrons. The second kappa shape index (κ2) is 8.24. The van der Waals surface area contributed by atoms with Gasteiger partial charge < -0.3 is 20.1 Å². The Hall–Kier alpha value is -2.69. The molecule has 0 atom stereocenters. The van der Waals surface area contributed by atoms with Gasteiger partial charge in [-0.3, -0.25) is 0 Å². The molecule has 0 bridgehead atoms. The molecule has 0 saturated carbocycles. The molecule has 24 heavy (non-hydrogen) atoms. The minimum atomic E-state index is -0.352. The fourth-order valence-corrected chi connectivity index (χ4v) is 2.13. The highest BCUT2D eigenvalue weighted by molar-refractivity contribution is 6.01. The van der Waals surface area contributed by atoms with Gasteiger partial charge in [-0.2, -0.15) is 0 Å². The summed E-state index contributed by atoms with van der Waals surface area (Å²) in [5.41, 5.74) is 1.23. The second-order valence-corrected chi connectivity index (χ2v) is 5.90. The predicted molar refractivity (Wildman–Crippen MR) is 97.1 cm³/mol. The van der Waals surface area contributed by atoms with Gasteiger partial charge in [0.1, 0.15) is 11.5 Å². The number of hydrogen-bond acceptors (Lipinski definition) is 3. The smallest absolute Gasteiger partial charge is 0.323 e. The number of nitrogens with one attached hydrogen (secondary N) is 2. The number of amides is 2. The number of anilines is 2. The third-order valence-corrected chi connectivity index (χ3v) is 3.00.